The Hall–Kier alpha value is -2.59. The van der Waals surface area contributed by atoms with Crippen molar-refractivity contribution in [3.8, 4) is 16.9 Å². The lowest BCUT2D eigenvalue weighted by atomic mass is 10.2. The molecule has 5 heteroatoms. The quantitative estimate of drug-likeness (QED) is 0.557. The fourth-order valence-electron chi connectivity index (χ4n) is 2.55. The second-order valence-corrected chi connectivity index (χ2v) is 5.60. The SMILES string of the molecule is Cc1ccc(-n2ccn3nc(-c4cccnc4)cc23)c(Cl)c1. The fraction of sp³-hybridized carbons (Fsp3) is 0.0588. The zero-order valence-electron chi connectivity index (χ0n) is 11.9. The summed E-state index contributed by atoms with van der Waals surface area (Å²) in [6.45, 7) is 2.03. The first-order valence-electron chi connectivity index (χ1n) is 6.96. The van der Waals surface area contributed by atoms with Crippen LogP contribution in [0.1, 0.15) is 5.56 Å². The van der Waals surface area contributed by atoms with Crippen LogP contribution in [0.2, 0.25) is 5.02 Å². The van der Waals surface area contributed by atoms with Crippen LogP contribution in [0.5, 0.6) is 0 Å². The smallest absolute Gasteiger partial charge is 0.140 e. The van der Waals surface area contributed by atoms with Gasteiger partial charge in [0.2, 0.25) is 0 Å². The molecule has 0 aliphatic carbocycles. The number of benzene rings is 1. The molecule has 0 amide bonds. The van der Waals surface area contributed by atoms with Crippen molar-refractivity contribution in [2.24, 2.45) is 0 Å². The second-order valence-electron chi connectivity index (χ2n) is 5.20. The van der Waals surface area contributed by atoms with Gasteiger partial charge in [0.15, 0.2) is 0 Å². The highest BCUT2D eigenvalue weighted by Gasteiger charge is 2.11. The fourth-order valence-corrected chi connectivity index (χ4v) is 2.87. The van der Waals surface area contributed by atoms with Crippen molar-refractivity contribution >= 4 is 17.2 Å². The molecule has 0 spiro atoms. The van der Waals surface area contributed by atoms with Crippen LogP contribution in [0.25, 0.3) is 22.6 Å². The van der Waals surface area contributed by atoms with Gasteiger partial charge in [0, 0.05) is 36.4 Å². The minimum Gasteiger partial charge on any atom is -0.299 e. The van der Waals surface area contributed by atoms with E-state index in [1.54, 1.807) is 6.20 Å². The Morgan fingerprint density at radius 1 is 1.09 bits per heavy atom. The van der Waals surface area contributed by atoms with Crippen LogP contribution in [0, 0.1) is 6.92 Å². The highest BCUT2D eigenvalue weighted by molar-refractivity contribution is 6.32. The van der Waals surface area contributed by atoms with Crippen LogP contribution in [-0.2, 0) is 0 Å². The monoisotopic (exact) mass is 308 g/mol. The van der Waals surface area contributed by atoms with Crippen LogP contribution < -0.4 is 0 Å². The largest absolute Gasteiger partial charge is 0.299 e. The lowest BCUT2D eigenvalue weighted by molar-refractivity contribution is 0.969. The van der Waals surface area contributed by atoms with Crippen molar-refractivity contribution in [2.75, 3.05) is 0 Å². The summed E-state index contributed by atoms with van der Waals surface area (Å²) in [5, 5.41) is 5.31. The number of aryl methyl sites for hydroxylation is 1. The number of fused-ring (bicyclic) bond motifs is 1. The molecule has 4 nitrogen and oxygen atoms in total. The van der Waals surface area contributed by atoms with Crippen molar-refractivity contribution < 1.29 is 0 Å². The average molecular weight is 309 g/mol. The summed E-state index contributed by atoms with van der Waals surface area (Å²) in [6.07, 6.45) is 7.45. The Morgan fingerprint density at radius 2 is 2.00 bits per heavy atom. The van der Waals surface area contributed by atoms with Crippen molar-refractivity contribution in [1.82, 2.24) is 19.2 Å². The average Bonchev–Trinajstić information content (AvgIpc) is 3.09. The maximum Gasteiger partial charge on any atom is 0.140 e. The third kappa shape index (κ3) is 2.09. The molecule has 0 N–H and O–H groups in total. The predicted molar refractivity (Wildman–Crippen MR) is 87.5 cm³/mol. The van der Waals surface area contributed by atoms with E-state index < -0.39 is 0 Å². The number of hydrogen-bond donors (Lipinski definition) is 0. The van der Waals surface area contributed by atoms with Gasteiger partial charge in [-0.2, -0.15) is 5.10 Å². The molecular weight excluding hydrogens is 296 g/mol. The molecular formula is C17H13ClN4. The topological polar surface area (TPSA) is 35.1 Å². The number of pyridine rings is 1. The maximum absolute atomic E-state index is 6.38. The Kier molecular flexibility index (Phi) is 2.98. The van der Waals surface area contributed by atoms with Crippen LogP contribution >= 0.6 is 11.6 Å². The van der Waals surface area contributed by atoms with Crippen molar-refractivity contribution in [1.29, 1.82) is 0 Å². The highest BCUT2D eigenvalue weighted by atomic mass is 35.5. The van der Waals surface area contributed by atoms with Gasteiger partial charge in [0.1, 0.15) is 5.65 Å². The number of rotatable bonds is 2. The number of imidazole rings is 1. The summed E-state index contributed by atoms with van der Waals surface area (Å²) >= 11 is 6.38. The first kappa shape index (κ1) is 13.1. The zero-order chi connectivity index (χ0) is 15.1. The number of halogens is 1. The van der Waals surface area contributed by atoms with Gasteiger partial charge in [-0.05, 0) is 36.8 Å². The van der Waals surface area contributed by atoms with Crippen molar-refractivity contribution in [2.45, 2.75) is 6.92 Å². The first-order valence-corrected chi connectivity index (χ1v) is 7.34. The van der Waals surface area contributed by atoms with Gasteiger partial charge in [0.25, 0.3) is 0 Å². The van der Waals surface area contributed by atoms with Gasteiger partial charge >= 0.3 is 0 Å². The van der Waals surface area contributed by atoms with Gasteiger partial charge in [-0.3, -0.25) is 9.55 Å². The molecule has 0 fully saturated rings. The van der Waals surface area contributed by atoms with Gasteiger partial charge in [0.05, 0.1) is 16.4 Å². The zero-order valence-corrected chi connectivity index (χ0v) is 12.7. The number of nitrogens with zero attached hydrogens (tertiary/aromatic N) is 4. The van der Waals surface area contributed by atoms with E-state index >= 15 is 0 Å². The van der Waals surface area contributed by atoms with E-state index in [0.29, 0.717) is 0 Å². The summed E-state index contributed by atoms with van der Waals surface area (Å²) in [4.78, 5) is 4.14. The Morgan fingerprint density at radius 3 is 2.77 bits per heavy atom. The Balaban J connectivity index is 1.88. The minimum atomic E-state index is 0.724. The molecule has 0 bridgehead atoms. The van der Waals surface area contributed by atoms with Crippen LogP contribution in [0.15, 0.2) is 61.2 Å². The molecule has 0 radical (unpaired) electrons. The van der Waals surface area contributed by atoms with E-state index in [4.69, 9.17) is 11.6 Å². The van der Waals surface area contributed by atoms with E-state index in [-0.39, 0.29) is 0 Å². The van der Waals surface area contributed by atoms with Gasteiger partial charge in [-0.25, -0.2) is 4.52 Å². The predicted octanol–water partition coefficient (Wildman–Crippen LogP) is 4.15. The molecule has 22 heavy (non-hydrogen) atoms. The lowest BCUT2D eigenvalue weighted by Gasteiger charge is -2.06. The lowest BCUT2D eigenvalue weighted by Crippen LogP contribution is -1.93. The Labute approximate surface area is 132 Å². The summed E-state index contributed by atoms with van der Waals surface area (Å²) in [6, 6.07) is 12.0. The van der Waals surface area contributed by atoms with E-state index in [1.807, 2.05) is 64.9 Å². The third-order valence-corrected chi connectivity index (χ3v) is 3.94. The standard InChI is InChI=1S/C17H13ClN4/c1-12-4-5-16(14(18)9-12)21-7-8-22-17(21)10-15(20-22)13-3-2-6-19-11-13/h2-11H,1H3. The van der Waals surface area contributed by atoms with Crippen LogP contribution in [0.3, 0.4) is 0 Å². The normalized spacial score (nSPS) is 11.2. The number of hydrogen-bond acceptors (Lipinski definition) is 2. The van der Waals surface area contributed by atoms with Crippen molar-refractivity contribution in [3.05, 3.63) is 71.8 Å². The maximum atomic E-state index is 6.38. The molecule has 0 aliphatic rings. The molecule has 0 saturated heterocycles. The highest BCUT2D eigenvalue weighted by Crippen LogP contribution is 2.26. The Bertz CT molecular complexity index is 953. The van der Waals surface area contributed by atoms with Gasteiger partial charge in [-0.1, -0.05) is 17.7 Å². The summed E-state index contributed by atoms with van der Waals surface area (Å²) in [7, 11) is 0. The molecule has 4 rings (SSSR count). The molecule has 1 aromatic carbocycles. The first-order chi connectivity index (χ1) is 10.7. The molecule has 0 aliphatic heterocycles. The summed E-state index contributed by atoms with van der Waals surface area (Å²) in [5.41, 5.74) is 4.93. The molecule has 108 valence electrons. The summed E-state index contributed by atoms with van der Waals surface area (Å²) < 4.78 is 3.88. The van der Waals surface area contributed by atoms with Crippen molar-refractivity contribution in [3.63, 3.8) is 0 Å². The molecule has 0 unspecified atom stereocenters. The number of aromatic nitrogens is 4. The van der Waals surface area contributed by atoms with E-state index in [2.05, 4.69) is 16.1 Å². The third-order valence-electron chi connectivity index (χ3n) is 3.64. The van der Waals surface area contributed by atoms with E-state index in [1.165, 1.54) is 0 Å². The van der Waals surface area contributed by atoms with Crippen LogP contribution in [-0.4, -0.2) is 19.2 Å². The van der Waals surface area contributed by atoms with E-state index in [9.17, 15) is 0 Å². The molecule has 3 heterocycles. The summed E-state index contributed by atoms with van der Waals surface area (Å²) in [5.74, 6) is 0. The second kappa shape index (κ2) is 5.00. The molecule has 0 atom stereocenters. The molecule has 3 aromatic heterocycles. The van der Waals surface area contributed by atoms with Gasteiger partial charge < -0.3 is 0 Å². The van der Waals surface area contributed by atoms with Crippen LogP contribution in [0.4, 0.5) is 0 Å². The molecule has 0 saturated carbocycles. The van der Waals surface area contributed by atoms with E-state index in [0.717, 1.165) is 33.2 Å². The van der Waals surface area contributed by atoms with Gasteiger partial charge in [-0.15, -0.1) is 0 Å². The molecule has 4 aromatic rings. The minimum absolute atomic E-state index is 0.724.